The second kappa shape index (κ2) is 19.2. The molecule has 4 heteroatoms. The van der Waals surface area contributed by atoms with Crippen LogP contribution in [0.2, 0.25) is 0 Å². The van der Waals surface area contributed by atoms with Crippen molar-refractivity contribution in [3.63, 3.8) is 0 Å². The van der Waals surface area contributed by atoms with Gasteiger partial charge in [-0.2, -0.15) is 0 Å². The zero-order valence-corrected chi connectivity index (χ0v) is 27.3. The Morgan fingerprint density at radius 2 is 1.25 bits per heavy atom. The smallest absolute Gasteiger partial charge is 0.343 e. The summed E-state index contributed by atoms with van der Waals surface area (Å²) in [7, 11) is 0. The van der Waals surface area contributed by atoms with Crippen LogP contribution in [-0.4, -0.2) is 18.7 Å². The van der Waals surface area contributed by atoms with Crippen molar-refractivity contribution >= 4 is 5.97 Å². The first-order valence-corrected chi connectivity index (χ1v) is 17.5. The van der Waals surface area contributed by atoms with Crippen LogP contribution in [0.25, 0.3) is 11.1 Å². The van der Waals surface area contributed by atoms with Gasteiger partial charge in [0.2, 0.25) is 0 Å². The molecule has 1 heterocycles. The van der Waals surface area contributed by atoms with Crippen molar-refractivity contribution in [2.45, 2.75) is 129 Å². The molecule has 238 valence electrons. The molecule has 0 aromatic heterocycles. The molecular formula is C40H54O4. The number of hydrogen-bond donors (Lipinski definition) is 0. The van der Waals surface area contributed by atoms with E-state index in [1.54, 1.807) is 0 Å². The monoisotopic (exact) mass is 598 g/mol. The molecule has 3 aromatic carbocycles. The Balaban J connectivity index is 1.16. The van der Waals surface area contributed by atoms with Gasteiger partial charge in [-0.15, -0.1) is 0 Å². The average molecular weight is 599 g/mol. The molecule has 0 amide bonds. The summed E-state index contributed by atoms with van der Waals surface area (Å²) < 4.78 is 17.9. The number of ether oxygens (including phenoxy) is 3. The van der Waals surface area contributed by atoms with Crippen molar-refractivity contribution in [3.8, 4) is 28.4 Å². The van der Waals surface area contributed by atoms with Gasteiger partial charge in [0.05, 0.1) is 18.3 Å². The lowest BCUT2D eigenvalue weighted by atomic mass is 9.97. The molecule has 4 rings (SSSR count). The quantitative estimate of drug-likeness (QED) is 0.0737. The predicted octanol–water partition coefficient (Wildman–Crippen LogP) is 11.5. The molecule has 0 saturated heterocycles. The first-order valence-electron chi connectivity index (χ1n) is 17.5. The summed E-state index contributed by atoms with van der Waals surface area (Å²) >= 11 is 0. The van der Waals surface area contributed by atoms with E-state index in [9.17, 15) is 4.79 Å². The summed E-state index contributed by atoms with van der Waals surface area (Å²) in [5.74, 6) is 2.02. The molecule has 0 bridgehead atoms. The number of carbonyl (C=O) groups excluding carboxylic acids is 1. The third-order valence-corrected chi connectivity index (χ3v) is 8.72. The number of rotatable bonds is 20. The normalized spacial score (nSPS) is 14.1. The summed E-state index contributed by atoms with van der Waals surface area (Å²) in [4.78, 5) is 12.9. The van der Waals surface area contributed by atoms with Gasteiger partial charge in [0.1, 0.15) is 17.2 Å². The summed E-state index contributed by atoms with van der Waals surface area (Å²) in [6.07, 6.45) is 21.6. The largest absolute Gasteiger partial charge is 0.494 e. The average Bonchev–Trinajstić information content (AvgIpc) is 3.06. The molecule has 1 aliphatic rings. The van der Waals surface area contributed by atoms with Crippen LogP contribution in [0.1, 0.15) is 133 Å². The van der Waals surface area contributed by atoms with Crippen molar-refractivity contribution < 1.29 is 19.0 Å². The van der Waals surface area contributed by atoms with Crippen LogP contribution in [0.4, 0.5) is 0 Å². The Hall–Kier alpha value is -3.27. The Bertz CT molecular complexity index is 1230. The lowest BCUT2D eigenvalue weighted by Crippen LogP contribution is -2.23. The minimum absolute atomic E-state index is 0.286. The van der Waals surface area contributed by atoms with E-state index < -0.39 is 0 Å². The van der Waals surface area contributed by atoms with Crippen LogP contribution in [0.3, 0.4) is 0 Å². The maximum absolute atomic E-state index is 12.9. The highest BCUT2D eigenvalue weighted by atomic mass is 16.5. The second-order valence-electron chi connectivity index (χ2n) is 12.4. The SMILES string of the molecule is CCCCCCCCCCCCOc1ccc(-c2ccc(OC(=O)c3ccc4c(c3)CC[C@@H](CCCCCC)O4)cc2)cc1. The standard InChI is InChI=1S/C40H54O4/c1-3-5-7-9-10-11-12-13-14-16-30-42-36-24-18-32(19-25-36)33-20-26-38(27-21-33)44-40(41)35-23-29-39-34(31-35)22-28-37(43-39)17-15-8-6-4-2/h18-21,23-27,29,31,37H,3-17,22,28,30H2,1-2H3/t37-/m1/s1. The maximum Gasteiger partial charge on any atom is 0.343 e. The summed E-state index contributed by atoms with van der Waals surface area (Å²) in [6, 6.07) is 21.6. The van der Waals surface area contributed by atoms with Gasteiger partial charge in [-0.1, -0.05) is 115 Å². The van der Waals surface area contributed by atoms with Crippen molar-refractivity contribution in [2.24, 2.45) is 0 Å². The molecule has 0 unspecified atom stereocenters. The Kier molecular flexibility index (Phi) is 14.7. The molecule has 4 nitrogen and oxygen atoms in total. The van der Waals surface area contributed by atoms with Crippen molar-refractivity contribution in [2.75, 3.05) is 6.61 Å². The van der Waals surface area contributed by atoms with Crippen LogP contribution in [0.15, 0.2) is 66.7 Å². The van der Waals surface area contributed by atoms with E-state index in [1.807, 2.05) is 54.6 Å². The van der Waals surface area contributed by atoms with E-state index in [0.29, 0.717) is 11.3 Å². The third-order valence-electron chi connectivity index (χ3n) is 8.72. The molecular weight excluding hydrogens is 544 g/mol. The molecule has 44 heavy (non-hydrogen) atoms. The fourth-order valence-corrected chi connectivity index (χ4v) is 5.98. The second-order valence-corrected chi connectivity index (χ2v) is 12.4. The van der Waals surface area contributed by atoms with Gasteiger partial charge in [-0.25, -0.2) is 4.79 Å². The zero-order valence-electron chi connectivity index (χ0n) is 27.3. The fraction of sp³-hybridized carbons (Fsp3) is 0.525. The van der Waals surface area contributed by atoms with Crippen LogP contribution < -0.4 is 14.2 Å². The number of benzene rings is 3. The van der Waals surface area contributed by atoms with Gasteiger partial charge >= 0.3 is 5.97 Å². The highest BCUT2D eigenvalue weighted by Crippen LogP contribution is 2.31. The van der Waals surface area contributed by atoms with E-state index in [1.165, 1.54) is 83.5 Å². The number of esters is 1. The van der Waals surface area contributed by atoms with Gasteiger partial charge in [-0.3, -0.25) is 0 Å². The molecule has 3 aromatic rings. The van der Waals surface area contributed by atoms with E-state index in [2.05, 4.69) is 26.0 Å². The minimum Gasteiger partial charge on any atom is -0.494 e. The Morgan fingerprint density at radius 1 is 0.682 bits per heavy atom. The summed E-state index contributed by atoms with van der Waals surface area (Å²) in [5.41, 5.74) is 3.83. The Labute approximate surface area is 266 Å². The highest BCUT2D eigenvalue weighted by Gasteiger charge is 2.21. The predicted molar refractivity (Wildman–Crippen MR) is 182 cm³/mol. The number of unbranched alkanes of at least 4 members (excludes halogenated alkanes) is 12. The van der Waals surface area contributed by atoms with Crippen molar-refractivity contribution in [3.05, 3.63) is 77.9 Å². The van der Waals surface area contributed by atoms with Gasteiger partial charge in [0.25, 0.3) is 0 Å². The fourth-order valence-electron chi connectivity index (χ4n) is 5.98. The molecule has 0 radical (unpaired) electrons. The van der Waals surface area contributed by atoms with Crippen molar-refractivity contribution in [1.82, 2.24) is 0 Å². The number of hydrogen-bond acceptors (Lipinski definition) is 4. The van der Waals surface area contributed by atoms with Gasteiger partial charge in [0.15, 0.2) is 0 Å². The minimum atomic E-state index is -0.342. The molecule has 0 saturated carbocycles. The van der Waals surface area contributed by atoms with Crippen LogP contribution >= 0.6 is 0 Å². The highest BCUT2D eigenvalue weighted by molar-refractivity contribution is 5.91. The topological polar surface area (TPSA) is 44.8 Å². The molecule has 0 spiro atoms. The van der Waals surface area contributed by atoms with Crippen LogP contribution in [0.5, 0.6) is 17.2 Å². The van der Waals surface area contributed by atoms with Crippen molar-refractivity contribution in [1.29, 1.82) is 0 Å². The molecule has 0 fully saturated rings. The van der Waals surface area contributed by atoms with Crippen LogP contribution in [-0.2, 0) is 6.42 Å². The van der Waals surface area contributed by atoms with E-state index in [0.717, 1.165) is 60.5 Å². The maximum atomic E-state index is 12.9. The summed E-state index contributed by atoms with van der Waals surface area (Å²) in [6.45, 7) is 5.28. The first-order chi connectivity index (χ1) is 21.7. The lowest BCUT2D eigenvalue weighted by molar-refractivity contribution is 0.0734. The van der Waals surface area contributed by atoms with Gasteiger partial charge < -0.3 is 14.2 Å². The molecule has 1 aliphatic heterocycles. The molecule has 0 N–H and O–H groups in total. The molecule has 0 aliphatic carbocycles. The van der Waals surface area contributed by atoms with Gasteiger partial charge in [0, 0.05) is 0 Å². The van der Waals surface area contributed by atoms with Crippen LogP contribution in [0, 0.1) is 0 Å². The zero-order chi connectivity index (χ0) is 30.8. The van der Waals surface area contributed by atoms with Gasteiger partial charge in [-0.05, 0) is 91.3 Å². The Morgan fingerprint density at radius 3 is 1.89 bits per heavy atom. The first kappa shape index (κ1) is 33.6. The van der Waals surface area contributed by atoms with E-state index in [4.69, 9.17) is 14.2 Å². The number of carbonyl (C=O) groups is 1. The van der Waals surface area contributed by atoms with E-state index >= 15 is 0 Å². The van der Waals surface area contributed by atoms with E-state index in [-0.39, 0.29) is 12.1 Å². The summed E-state index contributed by atoms with van der Waals surface area (Å²) in [5, 5.41) is 0. The lowest BCUT2D eigenvalue weighted by Gasteiger charge is -2.26. The third kappa shape index (κ3) is 11.3. The molecule has 1 atom stereocenters. The number of fused-ring (bicyclic) bond motifs is 1. The number of aryl methyl sites for hydroxylation is 1.